The van der Waals surface area contributed by atoms with Crippen LogP contribution in [0, 0.1) is 0 Å². The summed E-state index contributed by atoms with van der Waals surface area (Å²) >= 11 is 0.948. The molecule has 0 radical (unpaired) electrons. The van der Waals surface area contributed by atoms with E-state index in [1.165, 1.54) is 19.2 Å². The van der Waals surface area contributed by atoms with E-state index in [1.807, 2.05) is 4.68 Å². The first kappa shape index (κ1) is 33.5. The zero-order chi connectivity index (χ0) is 33.3. The number of carbonyl (C=O) groups excluding carboxylic acids is 2. The molecule has 0 saturated carbocycles. The Kier molecular flexibility index (Phi) is 9.60. The van der Waals surface area contributed by atoms with Crippen molar-refractivity contribution in [1.29, 1.82) is 0 Å². The number of amides is 2. The number of benzene rings is 1. The second-order valence-electron chi connectivity index (χ2n) is 10.3. The van der Waals surface area contributed by atoms with Gasteiger partial charge in [0.25, 0.3) is 17.9 Å². The number of nitrogen functional groups attached to an aromatic ring is 1. The van der Waals surface area contributed by atoms with E-state index in [2.05, 4.69) is 19.7 Å². The molecule has 2 unspecified atom stereocenters. The van der Waals surface area contributed by atoms with E-state index in [4.69, 9.17) is 25.6 Å². The predicted molar refractivity (Wildman–Crippen MR) is 155 cm³/mol. The van der Waals surface area contributed by atoms with Gasteiger partial charge in [0.2, 0.25) is 6.20 Å². The minimum atomic E-state index is -5.02. The average Bonchev–Trinajstić information content (AvgIpc) is 3.53. The molecule has 0 spiro atoms. The van der Waals surface area contributed by atoms with Crippen molar-refractivity contribution in [2.45, 2.75) is 44.2 Å². The van der Waals surface area contributed by atoms with Crippen LogP contribution in [0.5, 0.6) is 5.75 Å². The molecule has 45 heavy (non-hydrogen) atoms. The number of nitrogens with two attached hydrogens (primary N) is 2. The Balaban J connectivity index is 1.49. The van der Waals surface area contributed by atoms with Gasteiger partial charge >= 0.3 is 16.4 Å². The van der Waals surface area contributed by atoms with Gasteiger partial charge in [-0.2, -0.15) is 18.2 Å². The number of hydroxylamine groups is 2. The molecule has 4 rings (SSSR count). The van der Waals surface area contributed by atoms with Gasteiger partial charge in [0.15, 0.2) is 17.4 Å². The Morgan fingerprint density at radius 2 is 2.04 bits per heavy atom. The maximum Gasteiger partial charge on any atom is 0.418 e. The number of aliphatic hydroxyl groups excluding tert-OH is 1. The minimum absolute atomic E-state index is 0.0477. The molecule has 21 heteroatoms. The number of aliphatic hydroxyl groups is 1. The fourth-order valence-electron chi connectivity index (χ4n) is 4.33. The highest BCUT2D eigenvalue weighted by Gasteiger charge is 2.58. The van der Waals surface area contributed by atoms with Crippen LogP contribution in [0.2, 0.25) is 0 Å². The number of oxime groups is 1. The first-order valence-electron chi connectivity index (χ1n) is 13.0. The van der Waals surface area contributed by atoms with Gasteiger partial charge in [-0.05, 0) is 32.0 Å². The van der Waals surface area contributed by atoms with Crippen molar-refractivity contribution in [3.63, 3.8) is 0 Å². The molecule has 2 aromatic heterocycles. The van der Waals surface area contributed by atoms with E-state index >= 15 is 0 Å². The summed E-state index contributed by atoms with van der Waals surface area (Å²) in [7, 11) is -3.22. The number of anilines is 1. The number of carbonyl (C=O) groups is 3. The number of thiazole rings is 1. The van der Waals surface area contributed by atoms with Gasteiger partial charge in [0.1, 0.15) is 35.7 Å². The van der Waals surface area contributed by atoms with Gasteiger partial charge in [-0.15, -0.1) is 20.3 Å². The summed E-state index contributed by atoms with van der Waals surface area (Å²) in [5, 5.41) is 28.2. The van der Waals surface area contributed by atoms with E-state index in [0.717, 1.165) is 22.2 Å². The summed E-state index contributed by atoms with van der Waals surface area (Å²) in [6, 6.07) is 3.67. The second kappa shape index (κ2) is 12.9. The molecule has 19 nitrogen and oxygen atoms in total. The lowest BCUT2D eigenvalue weighted by Gasteiger charge is -2.50. The van der Waals surface area contributed by atoms with Crippen LogP contribution >= 0.6 is 11.3 Å². The first-order valence-corrected chi connectivity index (χ1v) is 15.3. The van der Waals surface area contributed by atoms with Crippen LogP contribution in [0.25, 0.3) is 10.9 Å². The van der Waals surface area contributed by atoms with Gasteiger partial charge in [-0.25, -0.2) is 9.78 Å². The maximum atomic E-state index is 13.2. The zero-order valence-corrected chi connectivity index (χ0v) is 25.7. The highest BCUT2D eigenvalue weighted by Crippen LogP contribution is 2.33. The molecule has 1 aliphatic heterocycles. The number of fused-ring (bicyclic) bond motifs is 1. The number of hydrogen-bond donors (Lipinski definition) is 6. The Morgan fingerprint density at radius 1 is 1.33 bits per heavy atom. The van der Waals surface area contributed by atoms with Crippen molar-refractivity contribution in [2.24, 2.45) is 17.9 Å². The van der Waals surface area contributed by atoms with Crippen molar-refractivity contribution >= 4 is 61.3 Å². The molecule has 0 aliphatic carbocycles. The number of aliphatic carboxylic acids is 1. The van der Waals surface area contributed by atoms with Crippen molar-refractivity contribution in [3.8, 4) is 5.75 Å². The molecule has 0 bridgehead atoms. The number of carboxylic acids is 1. The third kappa shape index (κ3) is 7.46. The lowest BCUT2D eigenvalue weighted by atomic mass is 9.84. The monoisotopic (exact) mass is 671 g/mol. The molecule has 3 heterocycles. The standard InChI is InChI=1S/C24H30N8O11S2/c1-24(2)19(21(35)32(24)43-45(38,39)40)28-20(34)18(15-11-44-23(26)27-15)29-42-17(22(36)37)10-41-14-4-5-16-12(6-14)8-31(30(16)3)9-13(33)7-25/h4-6,8,11,13,17,19,33H,7,9-10,25H2,1-3H3,(H4-,26,27,28,34,36,37,38,39,40)/p+1/b29-18-/t13?,17?,19-/m1/s1. The number of rotatable bonds is 14. The van der Waals surface area contributed by atoms with E-state index in [9.17, 15) is 33.0 Å². The number of carboxylic acid groups (broad SMARTS) is 1. The second-order valence-corrected chi connectivity index (χ2v) is 12.2. The van der Waals surface area contributed by atoms with Crippen LogP contribution in [0.4, 0.5) is 5.13 Å². The number of hydrogen-bond acceptors (Lipinski definition) is 14. The molecule has 2 amide bonds. The number of aryl methyl sites for hydroxylation is 1. The summed E-state index contributed by atoms with van der Waals surface area (Å²) in [5.74, 6) is -3.21. The topological polar surface area (TPSA) is 275 Å². The molecular weight excluding hydrogens is 640 g/mol. The quantitative estimate of drug-likeness (QED) is 0.0353. The van der Waals surface area contributed by atoms with Gasteiger partial charge in [0.05, 0.1) is 18.0 Å². The van der Waals surface area contributed by atoms with E-state index in [-0.39, 0.29) is 23.9 Å². The summed E-state index contributed by atoms with van der Waals surface area (Å²) in [5.41, 5.74) is 9.92. The summed E-state index contributed by atoms with van der Waals surface area (Å²) < 4.78 is 44.6. The zero-order valence-electron chi connectivity index (χ0n) is 24.1. The van der Waals surface area contributed by atoms with E-state index < -0.39 is 64.3 Å². The highest BCUT2D eigenvalue weighted by molar-refractivity contribution is 7.80. The number of β-lactam (4-membered cyclic amide) rings is 1. The van der Waals surface area contributed by atoms with Crippen molar-refractivity contribution < 1.29 is 56.1 Å². The molecule has 8 N–H and O–H groups in total. The molecular formula is C24H31N8O11S2+. The van der Waals surface area contributed by atoms with Crippen LogP contribution in [-0.2, 0) is 47.5 Å². The fourth-order valence-corrected chi connectivity index (χ4v) is 5.33. The number of nitrogens with zero attached hydrogens (tertiary/aromatic N) is 5. The lowest BCUT2D eigenvalue weighted by molar-refractivity contribution is -0.775. The largest absolute Gasteiger partial charge is 0.489 e. The van der Waals surface area contributed by atoms with Crippen LogP contribution in [0.15, 0.2) is 34.9 Å². The smallest absolute Gasteiger partial charge is 0.418 e. The minimum Gasteiger partial charge on any atom is -0.489 e. The highest BCUT2D eigenvalue weighted by atomic mass is 32.3. The van der Waals surface area contributed by atoms with Crippen molar-refractivity contribution in [1.82, 2.24) is 20.0 Å². The Morgan fingerprint density at radius 3 is 2.62 bits per heavy atom. The van der Waals surface area contributed by atoms with Crippen LogP contribution < -0.4 is 26.2 Å². The first-order chi connectivity index (χ1) is 21.0. The Bertz CT molecular complexity index is 1750. The number of ether oxygens (including phenoxy) is 1. The summed E-state index contributed by atoms with van der Waals surface area (Å²) in [6.07, 6.45) is -0.686. The normalized spacial score (nSPS) is 17.9. The molecule has 3 aromatic rings. The van der Waals surface area contributed by atoms with Crippen molar-refractivity contribution in [3.05, 3.63) is 35.5 Å². The molecule has 1 saturated heterocycles. The number of nitrogens with one attached hydrogen (secondary N) is 1. The third-order valence-electron chi connectivity index (χ3n) is 6.74. The van der Waals surface area contributed by atoms with Gasteiger partial charge in [0, 0.05) is 11.9 Å². The van der Waals surface area contributed by atoms with E-state index in [1.54, 1.807) is 36.1 Å². The molecule has 244 valence electrons. The molecule has 1 aliphatic rings. The molecule has 1 fully saturated rings. The predicted octanol–water partition coefficient (Wildman–Crippen LogP) is -2.08. The van der Waals surface area contributed by atoms with Crippen LogP contribution in [0.3, 0.4) is 0 Å². The van der Waals surface area contributed by atoms with Crippen LogP contribution in [-0.4, -0.2) is 98.3 Å². The third-order valence-corrected chi connectivity index (χ3v) is 7.75. The van der Waals surface area contributed by atoms with Crippen molar-refractivity contribution in [2.75, 3.05) is 18.9 Å². The van der Waals surface area contributed by atoms with Crippen LogP contribution in [0.1, 0.15) is 19.5 Å². The van der Waals surface area contributed by atoms with Gasteiger partial charge in [-0.1, -0.05) is 5.16 Å². The summed E-state index contributed by atoms with van der Waals surface area (Å²) in [6.45, 7) is 2.52. The lowest BCUT2D eigenvalue weighted by Crippen LogP contribution is -2.76. The van der Waals surface area contributed by atoms with Gasteiger partial charge in [-0.3, -0.25) is 14.1 Å². The average molecular weight is 672 g/mol. The molecule has 3 atom stereocenters. The van der Waals surface area contributed by atoms with Gasteiger partial charge < -0.3 is 36.6 Å². The fraction of sp³-hybridized carbons (Fsp3) is 0.417. The number of aromatic nitrogens is 3. The Hall–Kier alpha value is -4.41. The Labute approximate surface area is 259 Å². The molecule has 1 aromatic carbocycles. The summed E-state index contributed by atoms with van der Waals surface area (Å²) in [4.78, 5) is 46.8. The maximum absolute atomic E-state index is 13.2. The van der Waals surface area contributed by atoms with E-state index in [0.29, 0.717) is 10.8 Å². The SMILES string of the molecule is Cn1c2ccc(OCC(O/N=C(\C(=O)N[C@@H]3C(=O)N(OS(=O)(=O)O)C3(C)C)c3csc(N)n3)C(=O)O)cc2c[n+]1CC(O)CN.